The van der Waals surface area contributed by atoms with Crippen molar-refractivity contribution in [3.63, 3.8) is 0 Å². The van der Waals surface area contributed by atoms with Crippen molar-refractivity contribution in [1.29, 1.82) is 0 Å². The quantitative estimate of drug-likeness (QED) is 0.780. The smallest absolute Gasteiger partial charge is 0.00728 e. The number of hydrogen-bond donors (Lipinski definition) is 0. The van der Waals surface area contributed by atoms with Crippen molar-refractivity contribution in [1.82, 2.24) is 4.90 Å². The average Bonchev–Trinajstić information content (AvgIpc) is 2.58. The van der Waals surface area contributed by atoms with Gasteiger partial charge in [0.05, 0.1) is 0 Å². The minimum absolute atomic E-state index is 0.224. The summed E-state index contributed by atoms with van der Waals surface area (Å²) in [5.74, 6) is 2.60. The summed E-state index contributed by atoms with van der Waals surface area (Å²) >= 11 is 2.09. The molecule has 0 radical (unpaired) electrons. The van der Waals surface area contributed by atoms with Crippen LogP contribution in [0.5, 0.6) is 0 Å². The number of thioether (sulfide) groups is 1. The van der Waals surface area contributed by atoms with E-state index in [1.165, 1.54) is 47.9 Å². The lowest BCUT2D eigenvalue weighted by Crippen LogP contribution is -2.35. The molecule has 3 heteroatoms. The van der Waals surface area contributed by atoms with E-state index in [1.54, 1.807) is 0 Å². The Labute approximate surface area is 133 Å². The van der Waals surface area contributed by atoms with Gasteiger partial charge in [-0.15, -0.1) is 0 Å². The summed E-state index contributed by atoms with van der Waals surface area (Å²) in [6.07, 6.45) is 1.27. The molecule has 1 heterocycles. The first-order valence-electron chi connectivity index (χ1n) is 7.61. The Balaban J connectivity index is 1.73. The molecular formula is C18H22NPS. The largest absolute Gasteiger partial charge is 0.301 e. The molecule has 0 N–H and O–H groups in total. The Kier molecular flexibility index (Phi) is 5.74. The SMILES string of the molecule is c1ccc(P(CCN2CCSCC2)c2ccccc2)cc1. The first-order chi connectivity index (χ1) is 10.4. The molecule has 0 aliphatic carbocycles. The van der Waals surface area contributed by atoms with Gasteiger partial charge >= 0.3 is 0 Å². The highest BCUT2D eigenvalue weighted by Crippen LogP contribution is 2.33. The van der Waals surface area contributed by atoms with Crippen LogP contribution >= 0.6 is 19.7 Å². The van der Waals surface area contributed by atoms with Gasteiger partial charge in [-0.1, -0.05) is 60.7 Å². The van der Waals surface area contributed by atoms with Crippen LogP contribution in [0.15, 0.2) is 60.7 Å². The molecule has 1 fully saturated rings. The second-order valence-corrected chi connectivity index (χ2v) is 8.84. The lowest BCUT2D eigenvalue weighted by atomic mass is 10.4. The van der Waals surface area contributed by atoms with Crippen LogP contribution in [0.2, 0.25) is 0 Å². The lowest BCUT2D eigenvalue weighted by molar-refractivity contribution is 0.322. The third kappa shape index (κ3) is 4.32. The van der Waals surface area contributed by atoms with E-state index in [2.05, 4.69) is 77.3 Å². The van der Waals surface area contributed by atoms with Crippen molar-refractivity contribution in [2.75, 3.05) is 37.3 Å². The van der Waals surface area contributed by atoms with E-state index in [0.717, 1.165) is 0 Å². The molecule has 0 spiro atoms. The third-order valence-electron chi connectivity index (χ3n) is 3.88. The number of hydrogen-bond acceptors (Lipinski definition) is 2. The summed E-state index contributed by atoms with van der Waals surface area (Å²) in [6, 6.07) is 22.1. The Morgan fingerprint density at radius 1 is 0.810 bits per heavy atom. The molecule has 2 aromatic carbocycles. The molecule has 0 saturated carbocycles. The molecule has 2 aromatic rings. The van der Waals surface area contributed by atoms with Crippen LogP contribution in [-0.2, 0) is 0 Å². The summed E-state index contributed by atoms with van der Waals surface area (Å²) < 4.78 is 0. The fraction of sp³-hybridized carbons (Fsp3) is 0.333. The zero-order valence-corrected chi connectivity index (χ0v) is 14.0. The van der Waals surface area contributed by atoms with Crippen molar-refractivity contribution in [2.24, 2.45) is 0 Å². The fourth-order valence-corrected chi connectivity index (χ4v) is 6.03. The monoisotopic (exact) mass is 315 g/mol. The van der Waals surface area contributed by atoms with Crippen molar-refractivity contribution in [2.45, 2.75) is 0 Å². The van der Waals surface area contributed by atoms with Crippen LogP contribution in [-0.4, -0.2) is 42.2 Å². The highest BCUT2D eigenvalue weighted by Gasteiger charge is 2.16. The minimum Gasteiger partial charge on any atom is -0.301 e. The summed E-state index contributed by atoms with van der Waals surface area (Å²) in [7, 11) is -0.224. The van der Waals surface area contributed by atoms with Gasteiger partial charge in [0.15, 0.2) is 0 Å². The second kappa shape index (κ2) is 7.98. The Hall–Kier alpha value is -0.820. The number of nitrogens with zero attached hydrogens (tertiary/aromatic N) is 1. The first kappa shape index (κ1) is 15.1. The molecule has 1 nitrogen and oxygen atoms in total. The van der Waals surface area contributed by atoms with Gasteiger partial charge in [-0.05, 0) is 24.7 Å². The second-order valence-electron chi connectivity index (χ2n) is 5.28. The van der Waals surface area contributed by atoms with E-state index in [4.69, 9.17) is 0 Å². The third-order valence-corrected chi connectivity index (χ3v) is 7.31. The molecule has 0 unspecified atom stereocenters. The van der Waals surface area contributed by atoms with Crippen LogP contribution in [0, 0.1) is 0 Å². The Bertz CT molecular complexity index is 486. The van der Waals surface area contributed by atoms with Crippen molar-refractivity contribution in [3.8, 4) is 0 Å². The molecular weight excluding hydrogens is 293 g/mol. The maximum absolute atomic E-state index is 2.64. The molecule has 0 aromatic heterocycles. The standard InChI is InChI=1S/C18H22NPS/c1-3-7-17(8-4-1)20(18-9-5-2-6-10-18)14-11-19-12-15-21-16-13-19/h1-10H,11-16H2. The van der Waals surface area contributed by atoms with Gasteiger partial charge < -0.3 is 4.90 Å². The highest BCUT2D eigenvalue weighted by atomic mass is 32.2. The summed E-state index contributed by atoms with van der Waals surface area (Å²) in [5, 5.41) is 3.01. The molecule has 0 bridgehead atoms. The van der Waals surface area contributed by atoms with Crippen LogP contribution in [0.3, 0.4) is 0 Å². The molecule has 0 atom stereocenters. The van der Waals surface area contributed by atoms with E-state index < -0.39 is 0 Å². The van der Waals surface area contributed by atoms with E-state index in [1.807, 2.05) is 0 Å². The minimum atomic E-state index is -0.224. The van der Waals surface area contributed by atoms with E-state index in [-0.39, 0.29) is 7.92 Å². The van der Waals surface area contributed by atoms with Crippen molar-refractivity contribution in [3.05, 3.63) is 60.7 Å². The topological polar surface area (TPSA) is 3.24 Å². The van der Waals surface area contributed by atoms with Crippen molar-refractivity contribution < 1.29 is 0 Å². The van der Waals surface area contributed by atoms with E-state index in [9.17, 15) is 0 Å². The van der Waals surface area contributed by atoms with Crippen LogP contribution in [0.1, 0.15) is 0 Å². The van der Waals surface area contributed by atoms with Gasteiger partial charge in [0, 0.05) is 31.1 Å². The van der Waals surface area contributed by atoms with E-state index >= 15 is 0 Å². The molecule has 3 rings (SSSR count). The predicted molar refractivity (Wildman–Crippen MR) is 97.7 cm³/mol. The Morgan fingerprint density at radius 3 is 1.86 bits per heavy atom. The number of benzene rings is 2. The summed E-state index contributed by atoms with van der Waals surface area (Å²) in [6.45, 7) is 3.75. The van der Waals surface area contributed by atoms with Crippen LogP contribution < -0.4 is 10.6 Å². The maximum atomic E-state index is 2.64. The molecule has 1 saturated heterocycles. The maximum Gasteiger partial charge on any atom is 0.00728 e. The van der Waals surface area contributed by atoms with Gasteiger partial charge in [-0.2, -0.15) is 11.8 Å². The van der Waals surface area contributed by atoms with E-state index in [0.29, 0.717) is 0 Å². The van der Waals surface area contributed by atoms with Gasteiger partial charge in [-0.25, -0.2) is 0 Å². The zero-order valence-electron chi connectivity index (χ0n) is 12.3. The molecule has 21 heavy (non-hydrogen) atoms. The summed E-state index contributed by atoms with van der Waals surface area (Å²) in [5.41, 5.74) is 0. The number of rotatable bonds is 5. The molecule has 1 aliphatic rings. The lowest BCUT2D eigenvalue weighted by Gasteiger charge is -2.28. The highest BCUT2D eigenvalue weighted by molar-refractivity contribution is 7.99. The molecule has 110 valence electrons. The molecule has 1 aliphatic heterocycles. The predicted octanol–water partition coefficient (Wildman–Crippen LogP) is 3.17. The van der Waals surface area contributed by atoms with Crippen LogP contribution in [0.25, 0.3) is 0 Å². The normalized spacial score (nSPS) is 16.2. The average molecular weight is 315 g/mol. The van der Waals surface area contributed by atoms with Gasteiger partial charge in [-0.3, -0.25) is 0 Å². The first-order valence-corrected chi connectivity index (χ1v) is 10.3. The van der Waals surface area contributed by atoms with Crippen LogP contribution in [0.4, 0.5) is 0 Å². The summed E-state index contributed by atoms with van der Waals surface area (Å²) in [4.78, 5) is 2.64. The van der Waals surface area contributed by atoms with Gasteiger partial charge in [0.25, 0.3) is 0 Å². The fourth-order valence-electron chi connectivity index (χ4n) is 2.69. The Morgan fingerprint density at radius 2 is 1.33 bits per heavy atom. The molecule has 0 amide bonds. The van der Waals surface area contributed by atoms with Gasteiger partial charge in [0.2, 0.25) is 0 Å². The van der Waals surface area contributed by atoms with Gasteiger partial charge in [0.1, 0.15) is 0 Å². The zero-order chi connectivity index (χ0) is 14.3. The van der Waals surface area contributed by atoms with Crippen molar-refractivity contribution >= 4 is 30.3 Å².